The summed E-state index contributed by atoms with van der Waals surface area (Å²) in [5.74, 6) is 0.691. The van der Waals surface area contributed by atoms with Crippen molar-refractivity contribution < 1.29 is 22.7 Å². The number of amides is 1. The number of fused-ring (bicyclic) bond motifs is 3. The average Bonchev–Trinajstić information content (AvgIpc) is 3.15. The molecule has 6 nitrogen and oxygen atoms in total. The summed E-state index contributed by atoms with van der Waals surface area (Å²) >= 11 is 0. The Balaban J connectivity index is 1.62. The summed E-state index contributed by atoms with van der Waals surface area (Å²) < 4.78 is 46.6. The number of nitrogens with zero attached hydrogens (tertiary/aromatic N) is 4. The van der Waals surface area contributed by atoms with Crippen LogP contribution in [0.4, 0.5) is 23.8 Å². The lowest BCUT2D eigenvalue weighted by Gasteiger charge is -2.36. The highest BCUT2D eigenvalue weighted by Crippen LogP contribution is 2.33. The zero-order valence-electron chi connectivity index (χ0n) is 17.0. The van der Waals surface area contributed by atoms with Crippen LogP contribution in [0.3, 0.4) is 0 Å². The summed E-state index contributed by atoms with van der Waals surface area (Å²) in [7, 11) is 0. The third-order valence-corrected chi connectivity index (χ3v) is 5.00. The van der Waals surface area contributed by atoms with Crippen LogP contribution in [0.5, 0.6) is 0 Å². The van der Waals surface area contributed by atoms with E-state index in [2.05, 4.69) is 4.98 Å². The van der Waals surface area contributed by atoms with E-state index in [1.54, 1.807) is 21.6 Å². The van der Waals surface area contributed by atoms with E-state index >= 15 is 0 Å². The molecule has 9 heteroatoms. The van der Waals surface area contributed by atoms with Gasteiger partial charge in [-0.2, -0.15) is 13.2 Å². The highest BCUT2D eigenvalue weighted by molar-refractivity contribution is 5.85. The summed E-state index contributed by atoms with van der Waals surface area (Å²) in [5.41, 5.74) is 0.358. The van der Waals surface area contributed by atoms with Gasteiger partial charge in [-0.1, -0.05) is 0 Å². The van der Waals surface area contributed by atoms with Gasteiger partial charge < -0.3 is 18.9 Å². The average molecular weight is 420 g/mol. The number of halogens is 3. The van der Waals surface area contributed by atoms with Gasteiger partial charge in [0.2, 0.25) is 0 Å². The molecule has 4 rings (SSSR count). The first-order valence-electron chi connectivity index (χ1n) is 9.74. The largest absolute Gasteiger partial charge is 0.444 e. The quantitative estimate of drug-likeness (QED) is 0.579. The van der Waals surface area contributed by atoms with Gasteiger partial charge in [0.25, 0.3) is 0 Å². The molecule has 0 N–H and O–H groups in total. The normalized spacial score (nSPS) is 15.8. The van der Waals surface area contributed by atoms with E-state index in [4.69, 9.17) is 4.74 Å². The minimum absolute atomic E-state index is 0.346. The Morgan fingerprint density at radius 1 is 1.03 bits per heavy atom. The second kappa shape index (κ2) is 7.07. The Morgan fingerprint density at radius 2 is 1.73 bits per heavy atom. The molecule has 1 aromatic carbocycles. The van der Waals surface area contributed by atoms with Crippen molar-refractivity contribution in [2.24, 2.45) is 0 Å². The predicted octanol–water partition coefficient (Wildman–Crippen LogP) is 4.56. The van der Waals surface area contributed by atoms with E-state index in [9.17, 15) is 18.0 Å². The summed E-state index contributed by atoms with van der Waals surface area (Å²) in [6, 6.07) is 7.20. The summed E-state index contributed by atoms with van der Waals surface area (Å²) in [4.78, 5) is 20.7. The Labute approximate surface area is 171 Å². The van der Waals surface area contributed by atoms with Gasteiger partial charge in [0.05, 0.1) is 22.1 Å². The number of rotatable bonds is 1. The van der Waals surface area contributed by atoms with Crippen molar-refractivity contribution in [2.45, 2.75) is 32.5 Å². The van der Waals surface area contributed by atoms with Gasteiger partial charge in [-0.3, -0.25) is 0 Å². The van der Waals surface area contributed by atoms with Crippen molar-refractivity contribution >= 4 is 28.5 Å². The molecule has 0 aliphatic carbocycles. The van der Waals surface area contributed by atoms with Gasteiger partial charge in [-0.25, -0.2) is 9.78 Å². The molecular weight excluding hydrogens is 397 g/mol. The minimum atomic E-state index is -4.41. The fourth-order valence-corrected chi connectivity index (χ4v) is 3.59. The molecule has 1 aliphatic heterocycles. The Morgan fingerprint density at radius 3 is 2.37 bits per heavy atom. The second-order valence-electron chi connectivity index (χ2n) is 8.35. The molecule has 3 aromatic rings. The van der Waals surface area contributed by atoms with Crippen LogP contribution in [0.2, 0.25) is 0 Å². The van der Waals surface area contributed by atoms with Crippen LogP contribution >= 0.6 is 0 Å². The van der Waals surface area contributed by atoms with E-state index in [-0.39, 0.29) is 6.09 Å². The monoisotopic (exact) mass is 420 g/mol. The molecule has 1 fully saturated rings. The lowest BCUT2D eigenvalue weighted by molar-refractivity contribution is -0.137. The van der Waals surface area contributed by atoms with Crippen molar-refractivity contribution in [1.29, 1.82) is 0 Å². The molecule has 30 heavy (non-hydrogen) atoms. The minimum Gasteiger partial charge on any atom is -0.444 e. The van der Waals surface area contributed by atoms with Gasteiger partial charge in [0, 0.05) is 32.4 Å². The third kappa shape index (κ3) is 3.88. The van der Waals surface area contributed by atoms with Crippen molar-refractivity contribution in [2.75, 3.05) is 31.1 Å². The smallest absolute Gasteiger partial charge is 0.416 e. The van der Waals surface area contributed by atoms with Crippen LogP contribution < -0.4 is 4.90 Å². The molecule has 0 atom stereocenters. The number of carbonyl (C=O) groups excluding carboxylic acids is 1. The van der Waals surface area contributed by atoms with Gasteiger partial charge in [-0.05, 0) is 51.1 Å². The third-order valence-electron chi connectivity index (χ3n) is 5.00. The summed E-state index contributed by atoms with van der Waals surface area (Å²) in [5, 5.41) is 0. The van der Waals surface area contributed by atoms with Gasteiger partial charge in [0.15, 0.2) is 5.82 Å². The van der Waals surface area contributed by atoms with E-state index < -0.39 is 17.3 Å². The fraction of sp³-hybridized carbons (Fsp3) is 0.429. The van der Waals surface area contributed by atoms with Crippen LogP contribution in [0.1, 0.15) is 26.3 Å². The van der Waals surface area contributed by atoms with Crippen molar-refractivity contribution in [3.8, 4) is 0 Å². The zero-order chi connectivity index (χ0) is 21.7. The number of hydrogen-bond donors (Lipinski definition) is 0. The number of anilines is 1. The number of ether oxygens (including phenoxy) is 1. The van der Waals surface area contributed by atoms with Crippen molar-refractivity contribution in [3.63, 3.8) is 0 Å². The topological polar surface area (TPSA) is 50.1 Å². The van der Waals surface area contributed by atoms with Gasteiger partial charge in [0.1, 0.15) is 5.60 Å². The number of benzene rings is 1. The van der Waals surface area contributed by atoms with E-state index in [1.165, 1.54) is 6.07 Å². The highest BCUT2D eigenvalue weighted by atomic mass is 19.4. The number of aromatic nitrogens is 2. The highest BCUT2D eigenvalue weighted by Gasteiger charge is 2.31. The molecule has 0 unspecified atom stereocenters. The van der Waals surface area contributed by atoms with Gasteiger partial charge in [-0.15, -0.1) is 0 Å². The first-order chi connectivity index (χ1) is 14.0. The van der Waals surface area contributed by atoms with E-state index in [1.807, 2.05) is 31.7 Å². The molecule has 1 amide bonds. The predicted molar refractivity (Wildman–Crippen MR) is 108 cm³/mol. The van der Waals surface area contributed by atoms with Crippen LogP contribution in [0.25, 0.3) is 16.6 Å². The van der Waals surface area contributed by atoms with Gasteiger partial charge >= 0.3 is 12.3 Å². The zero-order valence-corrected chi connectivity index (χ0v) is 17.0. The lowest BCUT2D eigenvalue weighted by Crippen LogP contribution is -2.50. The Kier molecular flexibility index (Phi) is 4.79. The van der Waals surface area contributed by atoms with Crippen LogP contribution in [0.15, 0.2) is 36.5 Å². The number of piperazine rings is 1. The molecular formula is C21H23F3N4O2. The molecule has 1 saturated heterocycles. The standard InChI is InChI=1S/C21H23F3N4O2/c1-20(2,3)30-19(29)27-11-9-26(10-12-27)18-16-5-4-8-28(16)17-13-14(21(22,23)24)6-7-15(17)25-18/h4-8,13H,9-12H2,1-3H3. The molecule has 3 heterocycles. The molecule has 160 valence electrons. The van der Waals surface area contributed by atoms with E-state index in [0.29, 0.717) is 43.0 Å². The molecule has 0 radical (unpaired) electrons. The maximum absolute atomic E-state index is 13.1. The van der Waals surface area contributed by atoms with Crippen molar-refractivity contribution in [1.82, 2.24) is 14.3 Å². The molecule has 0 saturated carbocycles. The Hall–Kier alpha value is -2.97. The lowest BCUT2D eigenvalue weighted by atomic mass is 10.2. The van der Waals surface area contributed by atoms with Crippen molar-refractivity contribution in [3.05, 3.63) is 42.1 Å². The molecule has 2 aromatic heterocycles. The fourth-order valence-electron chi connectivity index (χ4n) is 3.59. The maximum Gasteiger partial charge on any atom is 0.416 e. The molecule has 0 bridgehead atoms. The first kappa shape index (κ1) is 20.3. The Bertz CT molecular complexity index is 1090. The van der Waals surface area contributed by atoms with Crippen LogP contribution in [-0.2, 0) is 10.9 Å². The molecule has 1 aliphatic rings. The number of alkyl halides is 3. The molecule has 0 spiro atoms. The summed E-state index contributed by atoms with van der Waals surface area (Å²) in [6.45, 7) is 7.55. The summed E-state index contributed by atoms with van der Waals surface area (Å²) in [6.07, 6.45) is -3.02. The van der Waals surface area contributed by atoms with E-state index in [0.717, 1.165) is 17.6 Å². The maximum atomic E-state index is 13.1. The number of hydrogen-bond acceptors (Lipinski definition) is 4. The van der Waals surface area contributed by atoms with Crippen LogP contribution in [0, 0.1) is 0 Å². The SMILES string of the molecule is CC(C)(C)OC(=O)N1CCN(c2nc3ccc(C(F)(F)F)cc3n3cccc23)CC1. The van der Waals surface area contributed by atoms with Crippen LogP contribution in [-0.4, -0.2) is 52.2 Å². The first-order valence-corrected chi connectivity index (χ1v) is 9.74. The second-order valence-corrected chi connectivity index (χ2v) is 8.35. The number of carbonyl (C=O) groups is 1.